The van der Waals surface area contributed by atoms with Crippen molar-refractivity contribution in [3.8, 4) is 0 Å². The molecule has 0 fully saturated rings. The number of pyridine rings is 1. The largest absolute Gasteiger partial charge is 0.346 e. The highest BCUT2D eigenvalue weighted by molar-refractivity contribution is 7.80. The van der Waals surface area contributed by atoms with E-state index in [-0.39, 0.29) is 0 Å². The van der Waals surface area contributed by atoms with Crippen molar-refractivity contribution in [2.75, 3.05) is 6.54 Å². The van der Waals surface area contributed by atoms with E-state index in [1.807, 2.05) is 12.4 Å². The number of nitrogens with zero attached hydrogens (tertiary/aromatic N) is 1. The van der Waals surface area contributed by atoms with E-state index in [0.29, 0.717) is 0 Å². The van der Waals surface area contributed by atoms with E-state index in [2.05, 4.69) is 22.1 Å². The van der Waals surface area contributed by atoms with Gasteiger partial charge in [0, 0.05) is 17.8 Å². The van der Waals surface area contributed by atoms with Crippen LogP contribution in [0.15, 0.2) is 24.5 Å². The zero-order valence-electron chi connectivity index (χ0n) is 10.5. The van der Waals surface area contributed by atoms with Crippen molar-refractivity contribution in [2.24, 2.45) is 5.73 Å². The highest BCUT2D eigenvalue weighted by atomic mass is 32.1. The molecule has 2 aromatic heterocycles. The molecule has 2 aromatic rings. The van der Waals surface area contributed by atoms with Crippen LogP contribution in [0, 0.1) is 0 Å². The second-order valence-corrected chi connectivity index (χ2v) is 5.07. The normalized spacial score (nSPS) is 10.9. The number of thiocarbonyl (C=S) groups is 1. The number of rotatable bonds is 7. The Balaban J connectivity index is 1.90. The summed E-state index contributed by atoms with van der Waals surface area (Å²) in [6.07, 6.45) is 8.96. The number of H-pyrrole nitrogens is 1. The Morgan fingerprint density at radius 1 is 1.28 bits per heavy atom. The van der Waals surface area contributed by atoms with Crippen LogP contribution in [0.4, 0.5) is 0 Å². The lowest BCUT2D eigenvalue weighted by Crippen LogP contribution is -2.02. The number of aromatic nitrogens is 2. The topological polar surface area (TPSA) is 54.7 Å². The van der Waals surface area contributed by atoms with Crippen LogP contribution < -0.4 is 5.73 Å². The minimum atomic E-state index is 0.761. The number of unbranched alkanes of at least 4 members (excludes halogenated alkanes) is 1. The van der Waals surface area contributed by atoms with E-state index >= 15 is 0 Å². The van der Waals surface area contributed by atoms with Crippen LogP contribution in [0.3, 0.4) is 0 Å². The summed E-state index contributed by atoms with van der Waals surface area (Å²) in [5, 5.41) is 1.21. The van der Waals surface area contributed by atoms with E-state index in [1.165, 1.54) is 10.9 Å². The molecule has 2 rings (SSSR count). The first-order valence-electron chi connectivity index (χ1n) is 6.44. The Morgan fingerprint density at radius 3 is 3.00 bits per heavy atom. The Morgan fingerprint density at radius 2 is 2.17 bits per heavy atom. The fraction of sp³-hybridized carbons (Fsp3) is 0.429. The van der Waals surface area contributed by atoms with Crippen molar-refractivity contribution in [3.05, 3.63) is 30.1 Å². The first kappa shape index (κ1) is 13.2. The fourth-order valence-corrected chi connectivity index (χ4v) is 2.35. The van der Waals surface area contributed by atoms with Gasteiger partial charge < -0.3 is 10.7 Å². The standard InChI is InChI=1S/C14H19N3S/c15-8-2-1-3-12(18)5-4-11-6-9-16-14-13(11)7-10-17-14/h6-7,9-10H,1-5,8,15H2,(H,16,17). The summed E-state index contributed by atoms with van der Waals surface area (Å²) in [7, 11) is 0. The zero-order chi connectivity index (χ0) is 12.8. The van der Waals surface area contributed by atoms with Gasteiger partial charge in [-0.1, -0.05) is 12.2 Å². The minimum absolute atomic E-state index is 0.761. The van der Waals surface area contributed by atoms with Crippen LogP contribution >= 0.6 is 12.2 Å². The third kappa shape index (κ3) is 3.37. The summed E-state index contributed by atoms with van der Waals surface area (Å²) in [5.41, 5.74) is 7.76. The van der Waals surface area contributed by atoms with Gasteiger partial charge >= 0.3 is 0 Å². The summed E-state index contributed by atoms with van der Waals surface area (Å²) in [4.78, 5) is 8.58. The summed E-state index contributed by atoms with van der Waals surface area (Å²) in [5.74, 6) is 0. The lowest BCUT2D eigenvalue weighted by atomic mass is 10.0. The smallest absolute Gasteiger partial charge is 0.137 e. The van der Waals surface area contributed by atoms with Crippen molar-refractivity contribution >= 4 is 28.1 Å². The van der Waals surface area contributed by atoms with Gasteiger partial charge in [-0.2, -0.15) is 0 Å². The van der Waals surface area contributed by atoms with Crippen LogP contribution in [0.25, 0.3) is 11.0 Å². The molecule has 3 N–H and O–H groups in total. The average Bonchev–Trinajstić information content (AvgIpc) is 2.85. The molecule has 0 saturated carbocycles. The lowest BCUT2D eigenvalue weighted by molar-refractivity contribution is 0.769. The molecular formula is C14H19N3S. The summed E-state index contributed by atoms with van der Waals surface area (Å²) < 4.78 is 0. The quantitative estimate of drug-likeness (QED) is 0.595. The maximum atomic E-state index is 5.48. The van der Waals surface area contributed by atoms with Gasteiger partial charge in [-0.25, -0.2) is 4.98 Å². The van der Waals surface area contributed by atoms with Gasteiger partial charge in [0.15, 0.2) is 0 Å². The Labute approximate surface area is 113 Å². The molecule has 0 aliphatic rings. The van der Waals surface area contributed by atoms with Gasteiger partial charge in [0.2, 0.25) is 0 Å². The molecule has 0 aromatic carbocycles. The van der Waals surface area contributed by atoms with E-state index in [4.69, 9.17) is 18.0 Å². The molecule has 0 amide bonds. The van der Waals surface area contributed by atoms with Gasteiger partial charge in [0.05, 0.1) is 0 Å². The predicted molar refractivity (Wildman–Crippen MR) is 79.9 cm³/mol. The van der Waals surface area contributed by atoms with Crippen LogP contribution in [-0.2, 0) is 6.42 Å². The van der Waals surface area contributed by atoms with Gasteiger partial charge in [-0.15, -0.1) is 0 Å². The minimum Gasteiger partial charge on any atom is -0.346 e. The summed E-state index contributed by atoms with van der Waals surface area (Å²) in [6, 6.07) is 4.16. The molecular weight excluding hydrogens is 242 g/mol. The first-order valence-corrected chi connectivity index (χ1v) is 6.85. The van der Waals surface area contributed by atoms with E-state index in [1.54, 1.807) is 0 Å². The molecule has 4 heteroatoms. The number of nitrogens with one attached hydrogen (secondary N) is 1. The molecule has 2 heterocycles. The number of hydrogen-bond acceptors (Lipinski definition) is 3. The summed E-state index contributed by atoms with van der Waals surface area (Å²) >= 11 is 5.40. The molecule has 0 radical (unpaired) electrons. The van der Waals surface area contributed by atoms with Gasteiger partial charge in [0.25, 0.3) is 0 Å². The fourth-order valence-electron chi connectivity index (χ4n) is 2.10. The third-order valence-electron chi connectivity index (χ3n) is 3.13. The van der Waals surface area contributed by atoms with Crippen molar-refractivity contribution in [1.29, 1.82) is 0 Å². The Bertz CT molecular complexity index is 518. The van der Waals surface area contributed by atoms with Crippen molar-refractivity contribution in [3.63, 3.8) is 0 Å². The number of aromatic amines is 1. The molecule has 3 nitrogen and oxygen atoms in total. The van der Waals surface area contributed by atoms with Gasteiger partial charge in [0.1, 0.15) is 5.65 Å². The lowest BCUT2D eigenvalue weighted by Gasteiger charge is -2.05. The van der Waals surface area contributed by atoms with Crippen LogP contribution in [-0.4, -0.2) is 21.4 Å². The van der Waals surface area contributed by atoms with Crippen molar-refractivity contribution in [1.82, 2.24) is 9.97 Å². The highest BCUT2D eigenvalue weighted by Crippen LogP contribution is 2.17. The number of fused-ring (bicyclic) bond motifs is 1. The SMILES string of the molecule is NCCCCC(=S)CCc1ccnc2[nH]ccc12. The van der Waals surface area contributed by atoms with Crippen molar-refractivity contribution in [2.45, 2.75) is 32.1 Å². The van der Waals surface area contributed by atoms with Gasteiger partial charge in [-0.3, -0.25) is 0 Å². The molecule has 96 valence electrons. The summed E-state index contributed by atoms with van der Waals surface area (Å²) in [6.45, 7) is 0.761. The molecule has 0 unspecified atom stereocenters. The third-order valence-corrected chi connectivity index (χ3v) is 3.54. The Hall–Kier alpha value is -1.26. The second kappa shape index (κ2) is 6.61. The molecule has 0 bridgehead atoms. The van der Waals surface area contributed by atoms with Crippen LogP contribution in [0.1, 0.15) is 31.2 Å². The average molecular weight is 261 g/mol. The number of hydrogen-bond donors (Lipinski definition) is 2. The monoisotopic (exact) mass is 261 g/mol. The zero-order valence-corrected chi connectivity index (χ0v) is 11.3. The second-order valence-electron chi connectivity index (χ2n) is 4.49. The number of aryl methyl sites for hydroxylation is 1. The maximum Gasteiger partial charge on any atom is 0.137 e. The predicted octanol–water partition coefficient (Wildman–Crippen LogP) is 2.99. The molecule has 18 heavy (non-hydrogen) atoms. The van der Waals surface area contributed by atoms with Crippen LogP contribution in [0.5, 0.6) is 0 Å². The molecule has 0 aliphatic heterocycles. The van der Waals surface area contributed by atoms with E-state index in [9.17, 15) is 0 Å². The van der Waals surface area contributed by atoms with Crippen molar-refractivity contribution < 1.29 is 0 Å². The maximum absolute atomic E-state index is 5.48. The molecule has 0 saturated heterocycles. The van der Waals surface area contributed by atoms with Gasteiger partial charge in [-0.05, 0) is 61.2 Å². The highest BCUT2D eigenvalue weighted by Gasteiger charge is 2.04. The molecule has 0 atom stereocenters. The Kier molecular flexibility index (Phi) is 4.84. The van der Waals surface area contributed by atoms with Crippen LogP contribution in [0.2, 0.25) is 0 Å². The van der Waals surface area contributed by atoms with E-state index < -0.39 is 0 Å². The first-order chi connectivity index (χ1) is 8.81. The van der Waals surface area contributed by atoms with E-state index in [0.717, 1.165) is 49.2 Å². The molecule has 0 aliphatic carbocycles. The molecule has 0 spiro atoms. The number of nitrogens with two attached hydrogens (primary N) is 1.